The molecule has 6 aromatic rings. The molecule has 0 N–H and O–H groups in total. The van der Waals surface area contributed by atoms with Crippen LogP contribution in [0.3, 0.4) is 0 Å². The molecule has 3 nitrogen and oxygen atoms in total. The summed E-state index contributed by atoms with van der Waals surface area (Å²) < 4.78 is 17.4. The summed E-state index contributed by atoms with van der Waals surface area (Å²) in [6, 6.07) is 40.6. The Kier molecular flexibility index (Phi) is 23.4. The fourth-order valence-corrected chi connectivity index (χ4v) is 20.3. The molecule has 4 heterocycles. The molecular formula is C66H92O3S4+4. The van der Waals surface area contributed by atoms with Gasteiger partial charge in [0, 0.05) is 65.1 Å². The first-order valence-electron chi connectivity index (χ1n) is 28.3. The van der Waals surface area contributed by atoms with E-state index in [1.807, 2.05) is 0 Å². The van der Waals surface area contributed by atoms with Crippen molar-refractivity contribution in [2.24, 2.45) is 0 Å². The third-order valence-electron chi connectivity index (χ3n) is 14.7. The minimum atomic E-state index is 0.286. The predicted molar refractivity (Wildman–Crippen MR) is 329 cm³/mol. The Morgan fingerprint density at radius 2 is 0.795 bits per heavy atom. The van der Waals surface area contributed by atoms with Gasteiger partial charge in [-0.3, -0.25) is 0 Å². The molecule has 4 aliphatic rings. The van der Waals surface area contributed by atoms with Gasteiger partial charge < -0.3 is 14.2 Å². The number of ether oxygens (including phenoxy) is 3. The molecule has 0 amide bonds. The molecule has 0 aromatic heterocycles. The number of hydrogen-bond donors (Lipinski definition) is 0. The lowest BCUT2D eigenvalue weighted by molar-refractivity contribution is 0.312. The molecule has 0 spiro atoms. The monoisotopic (exact) mass is 1060 g/mol. The highest BCUT2D eigenvalue weighted by Gasteiger charge is 2.31. The van der Waals surface area contributed by atoms with Crippen molar-refractivity contribution in [1.82, 2.24) is 0 Å². The van der Waals surface area contributed by atoms with Crippen LogP contribution in [0.4, 0.5) is 0 Å². The summed E-state index contributed by atoms with van der Waals surface area (Å²) in [5.41, 5.74) is 4.32. The minimum absolute atomic E-state index is 0.286. The van der Waals surface area contributed by atoms with Gasteiger partial charge >= 0.3 is 0 Å². The van der Waals surface area contributed by atoms with Crippen molar-refractivity contribution in [3.8, 4) is 17.2 Å². The van der Waals surface area contributed by atoms with E-state index in [2.05, 4.69) is 158 Å². The number of benzene rings is 6. The number of methoxy groups -OCH3 is 1. The molecule has 4 saturated heterocycles. The van der Waals surface area contributed by atoms with Gasteiger partial charge in [0.2, 0.25) is 0 Å². The van der Waals surface area contributed by atoms with Gasteiger partial charge in [-0.2, -0.15) is 0 Å². The van der Waals surface area contributed by atoms with Gasteiger partial charge in [-0.25, -0.2) is 0 Å². The molecular weight excluding hydrogens is 969 g/mol. The van der Waals surface area contributed by atoms with Crippen LogP contribution >= 0.6 is 0 Å². The minimum Gasteiger partial charge on any atom is -0.496 e. The van der Waals surface area contributed by atoms with E-state index in [1.165, 1.54) is 168 Å². The van der Waals surface area contributed by atoms with Crippen LogP contribution in [0.25, 0.3) is 21.5 Å². The summed E-state index contributed by atoms with van der Waals surface area (Å²) in [6.45, 7) is 17.2. The Labute approximate surface area is 455 Å². The molecule has 4 fully saturated rings. The number of unbranched alkanes of at least 4 members (excludes halogenated alkanes) is 2. The third kappa shape index (κ3) is 16.6. The van der Waals surface area contributed by atoms with Crippen molar-refractivity contribution in [2.45, 2.75) is 170 Å². The van der Waals surface area contributed by atoms with Gasteiger partial charge in [0.05, 0.1) is 20.3 Å². The lowest BCUT2D eigenvalue weighted by Crippen LogP contribution is -2.18. The van der Waals surface area contributed by atoms with Crippen molar-refractivity contribution in [3.63, 3.8) is 0 Å². The first-order valence-corrected chi connectivity index (χ1v) is 34.6. The van der Waals surface area contributed by atoms with E-state index < -0.39 is 0 Å². The fraction of sp³-hybridized carbons (Fsp3) is 0.515. The van der Waals surface area contributed by atoms with Gasteiger partial charge in [-0.1, -0.05) is 96.0 Å². The molecule has 0 unspecified atom stereocenters. The Morgan fingerprint density at radius 3 is 1.18 bits per heavy atom. The average Bonchev–Trinajstić information content (AvgIpc) is 3.97. The molecule has 73 heavy (non-hydrogen) atoms. The molecule has 0 atom stereocenters. The highest BCUT2D eigenvalue weighted by molar-refractivity contribution is 7.98. The third-order valence-corrected chi connectivity index (χ3v) is 24.8. The second kappa shape index (κ2) is 29.8. The summed E-state index contributed by atoms with van der Waals surface area (Å²) in [5, 5.41) is 5.41. The SMILES string of the molecule is CC(C)(C)c1ccc([S+]2CCCCC2)cc1.CCCCOc1ccc([S+]2CCCC2)c2ccccc12.CCCCOc1ccc([S+]2CCCCC2)c2ccccc12.COc1c(C)cc([S+]2CCCCC2)cc1C. The van der Waals surface area contributed by atoms with Crippen LogP contribution in [0, 0.1) is 13.8 Å². The number of fused-ring (bicyclic) bond motifs is 2. The van der Waals surface area contributed by atoms with Crippen molar-refractivity contribution >= 4 is 65.1 Å². The number of rotatable bonds is 13. The van der Waals surface area contributed by atoms with E-state index in [4.69, 9.17) is 14.2 Å². The van der Waals surface area contributed by atoms with Gasteiger partial charge in [-0.15, -0.1) is 0 Å². The molecule has 4 aliphatic heterocycles. The van der Waals surface area contributed by atoms with Crippen LogP contribution in [0.5, 0.6) is 17.2 Å². The molecule has 6 aromatic carbocycles. The lowest BCUT2D eigenvalue weighted by atomic mass is 9.87. The molecule has 0 saturated carbocycles. The Hall–Kier alpha value is -3.36. The standard InChI is InChI=1S/C19H25OS.C18H23OS.C15H23S.C14H21OS/c1-2-3-13-20-18-11-12-19(21-14-7-4-8-15-21)17-10-6-5-9-16(17)18;1-2-3-12-19-17-10-11-18(20-13-6-7-14-20)16-9-5-4-8-15(16)17;1-15(2,3)13-7-9-14(10-8-13)16-11-5-4-6-12-16;1-11-9-13(10-12(2)14(11)15-3)16-7-5-4-6-8-16/h5-6,9-12H,2-4,7-8,13-15H2,1H3;4-5,8-11H,2-3,6-7,12-14H2,1H3;7-10H,4-6,11-12H2,1-3H3;9-10H,4-8H2,1-3H3/q4*+1. The van der Waals surface area contributed by atoms with Crippen LogP contribution < -0.4 is 14.2 Å². The number of hydrogen-bond acceptors (Lipinski definition) is 3. The molecule has 10 rings (SSSR count). The second-order valence-electron chi connectivity index (χ2n) is 21.5. The smallest absolute Gasteiger partial charge is 0.162 e. The first kappa shape index (κ1) is 57.3. The van der Waals surface area contributed by atoms with Gasteiger partial charge in [0.15, 0.2) is 19.6 Å². The van der Waals surface area contributed by atoms with E-state index in [9.17, 15) is 0 Å². The molecule has 7 heteroatoms. The zero-order chi connectivity index (χ0) is 51.4. The van der Waals surface area contributed by atoms with Crippen molar-refractivity contribution < 1.29 is 14.2 Å². The highest BCUT2D eigenvalue weighted by Crippen LogP contribution is 2.37. The first-order chi connectivity index (χ1) is 35.6. The Morgan fingerprint density at radius 1 is 0.425 bits per heavy atom. The van der Waals surface area contributed by atoms with Crippen LogP contribution in [-0.4, -0.2) is 66.3 Å². The fourth-order valence-electron chi connectivity index (χ4n) is 10.5. The highest BCUT2D eigenvalue weighted by atomic mass is 32.2. The summed E-state index contributed by atoms with van der Waals surface area (Å²) >= 11 is 0. The maximum Gasteiger partial charge on any atom is 0.162 e. The van der Waals surface area contributed by atoms with Crippen LogP contribution in [0.15, 0.2) is 129 Å². The van der Waals surface area contributed by atoms with E-state index in [0.29, 0.717) is 43.6 Å². The number of aryl methyl sites for hydroxylation is 2. The van der Waals surface area contributed by atoms with Crippen molar-refractivity contribution in [3.05, 3.63) is 126 Å². The Bertz CT molecular complexity index is 2540. The second-order valence-corrected chi connectivity index (χ2v) is 30.5. The van der Waals surface area contributed by atoms with Crippen LogP contribution in [0.1, 0.15) is 148 Å². The quantitative estimate of drug-likeness (QED) is 0.0852. The van der Waals surface area contributed by atoms with Crippen LogP contribution in [-0.2, 0) is 49.0 Å². The van der Waals surface area contributed by atoms with E-state index >= 15 is 0 Å². The summed E-state index contributed by atoms with van der Waals surface area (Å²) in [5.74, 6) is 14.3. The maximum absolute atomic E-state index is 6.01. The zero-order valence-corrected chi connectivity index (χ0v) is 49.7. The molecule has 0 bridgehead atoms. The van der Waals surface area contributed by atoms with Crippen molar-refractivity contribution in [1.29, 1.82) is 0 Å². The topological polar surface area (TPSA) is 27.7 Å². The molecule has 0 radical (unpaired) electrons. The largest absolute Gasteiger partial charge is 0.496 e. The summed E-state index contributed by atoms with van der Waals surface area (Å²) in [6.07, 6.45) is 20.2. The van der Waals surface area contributed by atoms with E-state index in [0.717, 1.165) is 43.3 Å². The van der Waals surface area contributed by atoms with Gasteiger partial charge in [0.1, 0.15) is 63.3 Å². The van der Waals surface area contributed by atoms with Crippen LogP contribution in [0.2, 0.25) is 0 Å². The normalized spacial score (nSPS) is 16.9. The van der Waals surface area contributed by atoms with Gasteiger partial charge in [-0.05, 0) is 180 Å². The molecule has 394 valence electrons. The molecule has 0 aliphatic carbocycles. The van der Waals surface area contributed by atoms with Gasteiger partial charge in [0.25, 0.3) is 0 Å². The maximum atomic E-state index is 6.01. The lowest BCUT2D eigenvalue weighted by Gasteiger charge is -2.19. The Balaban J connectivity index is 0.000000144. The average molecular weight is 1060 g/mol. The summed E-state index contributed by atoms with van der Waals surface area (Å²) in [7, 11) is 3.73. The zero-order valence-electron chi connectivity index (χ0n) is 46.4. The van der Waals surface area contributed by atoms with Crippen molar-refractivity contribution in [2.75, 3.05) is 66.3 Å². The summed E-state index contributed by atoms with van der Waals surface area (Å²) in [4.78, 5) is 6.26. The predicted octanol–water partition coefficient (Wildman–Crippen LogP) is 17.6. The van der Waals surface area contributed by atoms with E-state index in [1.54, 1.807) is 26.7 Å². The van der Waals surface area contributed by atoms with E-state index in [-0.39, 0.29) is 5.41 Å².